The van der Waals surface area contributed by atoms with E-state index in [1.54, 1.807) is 30.6 Å². The van der Waals surface area contributed by atoms with E-state index in [0.717, 1.165) is 18.3 Å². The highest BCUT2D eigenvalue weighted by Crippen LogP contribution is 2.31. The Morgan fingerprint density at radius 1 is 1.13 bits per heavy atom. The molecule has 7 nitrogen and oxygen atoms in total. The van der Waals surface area contributed by atoms with Gasteiger partial charge in [0.2, 0.25) is 5.91 Å². The third-order valence-corrected chi connectivity index (χ3v) is 5.49. The number of pyridine rings is 1. The zero-order valence-electron chi connectivity index (χ0n) is 18.0. The molecule has 172 valence electrons. The van der Waals surface area contributed by atoms with Gasteiger partial charge < -0.3 is 19.9 Å². The molecule has 2 aliphatic rings. The quantitative estimate of drug-likeness (QED) is 0.776. The van der Waals surface area contributed by atoms with E-state index in [1.165, 1.54) is 0 Å². The van der Waals surface area contributed by atoms with Gasteiger partial charge in [-0.15, -0.1) is 0 Å². The number of halogens is 3. The second-order valence-corrected chi connectivity index (χ2v) is 9.07. The van der Waals surface area contributed by atoms with Crippen LogP contribution in [0.25, 0.3) is 0 Å². The van der Waals surface area contributed by atoms with Crippen molar-refractivity contribution in [2.45, 2.75) is 57.9 Å². The molecule has 0 bridgehead atoms. The summed E-state index contributed by atoms with van der Waals surface area (Å²) in [6.45, 7) is 7.08. The lowest BCUT2D eigenvalue weighted by molar-refractivity contribution is -0.137. The number of nitrogens with one attached hydrogen (secondary N) is 1. The molecule has 2 unspecified atom stereocenters. The first-order valence-corrected chi connectivity index (χ1v) is 10.5. The Balaban J connectivity index is 1.49. The number of piperazine rings is 1. The maximum Gasteiger partial charge on any atom is 0.416 e. The molecule has 1 N–H and O–H groups in total. The van der Waals surface area contributed by atoms with Crippen LogP contribution in [0.4, 0.5) is 23.8 Å². The molecule has 2 heterocycles. The molecule has 1 saturated carbocycles. The number of alkyl halides is 3. The van der Waals surface area contributed by atoms with E-state index in [1.807, 2.05) is 0 Å². The van der Waals surface area contributed by atoms with Gasteiger partial charge in [-0.25, -0.2) is 9.78 Å². The second-order valence-electron chi connectivity index (χ2n) is 9.07. The van der Waals surface area contributed by atoms with Gasteiger partial charge >= 0.3 is 12.3 Å². The first-order chi connectivity index (χ1) is 14.4. The monoisotopic (exact) mass is 442 g/mol. The van der Waals surface area contributed by atoms with E-state index in [0.29, 0.717) is 45.4 Å². The predicted molar refractivity (Wildman–Crippen MR) is 109 cm³/mol. The van der Waals surface area contributed by atoms with Crippen LogP contribution in [-0.2, 0) is 15.7 Å². The highest BCUT2D eigenvalue weighted by molar-refractivity contribution is 5.79. The molecule has 1 aromatic rings. The number of hydrogen-bond acceptors (Lipinski definition) is 5. The van der Waals surface area contributed by atoms with E-state index >= 15 is 0 Å². The summed E-state index contributed by atoms with van der Waals surface area (Å²) in [6, 6.07) is 1.89. The summed E-state index contributed by atoms with van der Waals surface area (Å²) in [5, 5.41) is 2.83. The summed E-state index contributed by atoms with van der Waals surface area (Å²) in [7, 11) is 0. The number of aromatic nitrogens is 1. The molecule has 2 atom stereocenters. The first kappa shape index (κ1) is 23.1. The Bertz CT molecular complexity index is 802. The predicted octanol–water partition coefficient (Wildman–Crippen LogP) is 3.44. The molecule has 1 saturated heterocycles. The summed E-state index contributed by atoms with van der Waals surface area (Å²) >= 11 is 0. The lowest BCUT2D eigenvalue weighted by atomic mass is 10.1. The van der Waals surface area contributed by atoms with E-state index in [2.05, 4.69) is 10.3 Å². The normalized spacial score (nSPS) is 22.4. The molecule has 1 aliphatic carbocycles. The van der Waals surface area contributed by atoms with Gasteiger partial charge in [0, 0.05) is 44.3 Å². The zero-order valence-corrected chi connectivity index (χ0v) is 18.0. The summed E-state index contributed by atoms with van der Waals surface area (Å²) in [4.78, 5) is 32.4. The third-order valence-electron chi connectivity index (χ3n) is 5.49. The molecule has 1 aromatic heterocycles. The number of hydrogen-bond donors (Lipinski definition) is 1. The summed E-state index contributed by atoms with van der Waals surface area (Å²) in [5.41, 5.74) is -1.31. The van der Waals surface area contributed by atoms with Crippen molar-refractivity contribution in [3.63, 3.8) is 0 Å². The Morgan fingerprint density at radius 3 is 2.42 bits per heavy atom. The smallest absolute Gasteiger partial charge is 0.416 e. The Labute approximate surface area is 179 Å². The molecule has 0 radical (unpaired) electrons. The van der Waals surface area contributed by atoms with Gasteiger partial charge in [0.15, 0.2) is 0 Å². The van der Waals surface area contributed by atoms with Gasteiger partial charge in [0.25, 0.3) is 0 Å². The lowest BCUT2D eigenvalue weighted by Gasteiger charge is -2.36. The highest BCUT2D eigenvalue weighted by Gasteiger charge is 2.36. The molecule has 31 heavy (non-hydrogen) atoms. The van der Waals surface area contributed by atoms with Gasteiger partial charge in [-0.05, 0) is 52.2 Å². The minimum absolute atomic E-state index is 0.0325. The minimum atomic E-state index is -4.41. The second kappa shape index (κ2) is 8.92. The van der Waals surface area contributed by atoms with Crippen LogP contribution in [0.3, 0.4) is 0 Å². The maximum atomic E-state index is 12.9. The highest BCUT2D eigenvalue weighted by atomic mass is 19.4. The van der Waals surface area contributed by atoms with Crippen LogP contribution in [0.1, 0.15) is 45.6 Å². The van der Waals surface area contributed by atoms with Crippen molar-refractivity contribution in [2.24, 2.45) is 5.92 Å². The SMILES string of the molecule is CC(C)(C)OC(=O)NC1CCC(C(=O)N2CCN(c3cc(C(F)(F)F)ccn3)CC2)C1. The van der Waals surface area contributed by atoms with E-state index < -0.39 is 23.4 Å². The number of carbonyl (C=O) groups excluding carboxylic acids is 2. The van der Waals surface area contributed by atoms with Crippen LogP contribution in [0.2, 0.25) is 0 Å². The number of nitrogens with zero attached hydrogens (tertiary/aromatic N) is 3. The van der Waals surface area contributed by atoms with Crippen molar-refractivity contribution in [1.82, 2.24) is 15.2 Å². The van der Waals surface area contributed by atoms with Crippen molar-refractivity contribution < 1.29 is 27.5 Å². The van der Waals surface area contributed by atoms with Crippen LogP contribution in [0.5, 0.6) is 0 Å². The van der Waals surface area contributed by atoms with Crippen LogP contribution < -0.4 is 10.2 Å². The van der Waals surface area contributed by atoms with Crippen LogP contribution in [0, 0.1) is 5.92 Å². The topological polar surface area (TPSA) is 74.8 Å². The number of anilines is 1. The standard InChI is InChI=1S/C21H29F3N4O3/c1-20(2,3)31-19(30)26-16-5-4-14(12-16)18(29)28-10-8-27(9-11-28)17-13-15(6-7-25-17)21(22,23)24/h6-7,13-14,16H,4-5,8-12H2,1-3H3,(H,26,30). The molecular formula is C21H29F3N4O3. The van der Waals surface area contributed by atoms with Gasteiger partial charge in [0.1, 0.15) is 11.4 Å². The van der Waals surface area contributed by atoms with Crippen molar-refractivity contribution in [3.8, 4) is 0 Å². The average Bonchev–Trinajstić information content (AvgIpc) is 3.14. The van der Waals surface area contributed by atoms with Gasteiger partial charge in [0.05, 0.1) is 5.56 Å². The fourth-order valence-corrected chi connectivity index (χ4v) is 3.99. The molecule has 1 aliphatic heterocycles. The van der Waals surface area contributed by atoms with Crippen LogP contribution >= 0.6 is 0 Å². The minimum Gasteiger partial charge on any atom is -0.444 e. The fraction of sp³-hybridized carbons (Fsp3) is 0.667. The lowest BCUT2D eigenvalue weighted by Crippen LogP contribution is -2.50. The van der Waals surface area contributed by atoms with Crippen molar-refractivity contribution in [1.29, 1.82) is 0 Å². The fourth-order valence-electron chi connectivity index (χ4n) is 3.99. The van der Waals surface area contributed by atoms with Gasteiger partial charge in [-0.1, -0.05) is 0 Å². The first-order valence-electron chi connectivity index (χ1n) is 10.5. The van der Waals surface area contributed by atoms with E-state index in [4.69, 9.17) is 4.74 Å². The molecule has 2 fully saturated rings. The Kier molecular flexibility index (Phi) is 6.66. The van der Waals surface area contributed by atoms with Crippen LogP contribution in [0.15, 0.2) is 18.3 Å². The molecule has 0 spiro atoms. The molecule has 10 heteroatoms. The zero-order chi connectivity index (χ0) is 22.8. The average molecular weight is 442 g/mol. The molecule has 0 aromatic carbocycles. The summed E-state index contributed by atoms with van der Waals surface area (Å²) in [5.74, 6) is 0.132. The number of alkyl carbamates (subject to hydrolysis) is 1. The van der Waals surface area contributed by atoms with E-state index in [9.17, 15) is 22.8 Å². The van der Waals surface area contributed by atoms with Crippen LogP contribution in [-0.4, -0.2) is 59.7 Å². The maximum absolute atomic E-state index is 12.9. The number of ether oxygens (including phenoxy) is 1. The number of carbonyl (C=O) groups is 2. The molecule has 3 rings (SSSR count). The largest absolute Gasteiger partial charge is 0.444 e. The Hall–Kier alpha value is -2.52. The third kappa shape index (κ3) is 6.24. The van der Waals surface area contributed by atoms with E-state index in [-0.39, 0.29) is 23.7 Å². The van der Waals surface area contributed by atoms with Gasteiger partial charge in [-0.3, -0.25) is 4.79 Å². The van der Waals surface area contributed by atoms with Gasteiger partial charge in [-0.2, -0.15) is 13.2 Å². The van der Waals surface area contributed by atoms with Crippen molar-refractivity contribution in [3.05, 3.63) is 23.9 Å². The number of amides is 2. The summed E-state index contributed by atoms with van der Waals surface area (Å²) < 4.78 is 44.1. The molecule has 2 amide bonds. The Morgan fingerprint density at radius 2 is 1.81 bits per heavy atom. The molecular weight excluding hydrogens is 413 g/mol. The van der Waals surface area contributed by atoms with Crippen molar-refractivity contribution in [2.75, 3.05) is 31.1 Å². The van der Waals surface area contributed by atoms with Crippen molar-refractivity contribution >= 4 is 17.8 Å². The summed E-state index contributed by atoms with van der Waals surface area (Å²) in [6.07, 6.45) is -1.77. The number of rotatable bonds is 3.